The van der Waals surface area contributed by atoms with Crippen molar-refractivity contribution in [2.45, 2.75) is 47.0 Å². The van der Waals surface area contributed by atoms with E-state index in [0.29, 0.717) is 5.92 Å². The third kappa shape index (κ3) is 2.93. The van der Waals surface area contributed by atoms with Crippen molar-refractivity contribution in [3.05, 3.63) is 46.5 Å². The molecule has 0 saturated heterocycles. The fourth-order valence-electron chi connectivity index (χ4n) is 2.64. The highest BCUT2D eigenvalue weighted by molar-refractivity contribution is 5.71. The Morgan fingerprint density at radius 2 is 2.00 bits per heavy atom. The van der Waals surface area contributed by atoms with Crippen molar-refractivity contribution in [2.24, 2.45) is 5.92 Å². The minimum absolute atomic E-state index is 0.714. The van der Waals surface area contributed by atoms with Crippen LogP contribution in [0.15, 0.2) is 29.8 Å². The van der Waals surface area contributed by atoms with Crippen LogP contribution in [-0.2, 0) is 6.42 Å². The van der Waals surface area contributed by atoms with E-state index in [-0.39, 0.29) is 0 Å². The van der Waals surface area contributed by atoms with Crippen molar-refractivity contribution >= 4 is 11.6 Å². The van der Waals surface area contributed by atoms with Crippen LogP contribution in [0.4, 0.5) is 0 Å². The maximum atomic E-state index is 2.41. The molecule has 0 aromatic heterocycles. The summed E-state index contributed by atoms with van der Waals surface area (Å²) in [6, 6.07) is 6.98. The van der Waals surface area contributed by atoms with Gasteiger partial charge in [0.2, 0.25) is 0 Å². The topological polar surface area (TPSA) is 0 Å². The third-order valence-electron chi connectivity index (χ3n) is 3.59. The molecule has 0 saturated carbocycles. The zero-order valence-electron chi connectivity index (χ0n) is 12.1. The summed E-state index contributed by atoms with van der Waals surface area (Å²) in [6.45, 7) is 9.06. The maximum absolute atomic E-state index is 2.41. The lowest BCUT2D eigenvalue weighted by Gasteiger charge is -2.17. The molecule has 1 aliphatic rings. The molecule has 18 heavy (non-hydrogen) atoms. The first-order valence-corrected chi connectivity index (χ1v) is 7.04. The molecule has 0 fully saturated rings. The fraction of sp³-hybridized carbons (Fsp3) is 0.444. The normalized spacial score (nSPS) is 13.6. The van der Waals surface area contributed by atoms with Crippen LogP contribution in [0.25, 0.3) is 11.6 Å². The van der Waals surface area contributed by atoms with Gasteiger partial charge in [-0.1, -0.05) is 49.8 Å². The summed E-state index contributed by atoms with van der Waals surface area (Å²) >= 11 is 0. The second-order valence-corrected chi connectivity index (χ2v) is 5.93. The van der Waals surface area contributed by atoms with Crippen LogP contribution in [0, 0.1) is 5.92 Å². The Kier molecular flexibility index (Phi) is 4.06. The van der Waals surface area contributed by atoms with Crippen LogP contribution in [0.2, 0.25) is 0 Å². The van der Waals surface area contributed by atoms with Crippen molar-refractivity contribution < 1.29 is 0 Å². The second-order valence-electron chi connectivity index (χ2n) is 5.93. The number of rotatable bonds is 3. The number of hydrogen-bond acceptors (Lipinski definition) is 0. The average Bonchev–Trinajstić information content (AvgIpc) is 2.35. The summed E-state index contributed by atoms with van der Waals surface area (Å²) < 4.78 is 0. The first-order chi connectivity index (χ1) is 8.58. The van der Waals surface area contributed by atoms with Crippen molar-refractivity contribution in [3.8, 4) is 0 Å². The van der Waals surface area contributed by atoms with E-state index in [1.165, 1.54) is 47.1 Å². The smallest absolute Gasteiger partial charge is 0.0222 e. The fourth-order valence-corrected chi connectivity index (χ4v) is 2.64. The lowest BCUT2D eigenvalue weighted by molar-refractivity contribution is 0.671. The lowest BCUT2D eigenvalue weighted by Crippen LogP contribution is -1.99. The van der Waals surface area contributed by atoms with Gasteiger partial charge in [-0.15, -0.1) is 0 Å². The Bertz CT molecular complexity index is 483. The Hall–Kier alpha value is -1.30. The van der Waals surface area contributed by atoms with E-state index < -0.39 is 0 Å². The van der Waals surface area contributed by atoms with Gasteiger partial charge >= 0.3 is 0 Å². The molecule has 0 atom stereocenters. The lowest BCUT2D eigenvalue weighted by atomic mass is 9.88. The van der Waals surface area contributed by atoms with Gasteiger partial charge < -0.3 is 0 Å². The highest BCUT2D eigenvalue weighted by atomic mass is 14.2. The molecular weight excluding hydrogens is 216 g/mol. The molecule has 0 radical (unpaired) electrons. The number of fused-ring (bicyclic) bond motifs is 1. The average molecular weight is 240 g/mol. The van der Waals surface area contributed by atoms with Crippen molar-refractivity contribution in [1.82, 2.24) is 0 Å². The van der Waals surface area contributed by atoms with Crippen molar-refractivity contribution in [3.63, 3.8) is 0 Å². The van der Waals surface area contributed by atoms with Crippen LogP contribution in [0.1, 0.15) is 57.2 Å². The van der Waals surface area contributed by atoms with Gasteiger partial charge in [-0.3, -0.25) is 0 Å². The molecule has 0 heteroatoms. The number of aryl methyl sites for hydroxylation is 1. The molecule has 96 valence electrons. The highest BCUT2D eigenvalue weighted by Crippen LogP contribution is 2.29. The molecule has 1 aromatic rings. The van der Waals surface area contributed by atoms with Gasteiger partial charge in [0.25, 0.3) is 0 Å². The minimum Gasteiger partial charge on any atom is -0.0836 e. The number of hydrogen-bond donors (Lipinski definition) is 0. The molecule has 2 rings (SSSR count). The Labute approximate surface area is 111 Å². The van der Waals surface area contributed by atoms with E-state index in [9.17, 15) is 0 Å². The molecule has 0 heterocycles. The third-order valence-corrected chi connectivity index (χ3v) is 3.59. The molecule has 0 nitrogen and oxygen atoms in total. The van der Waals surface area contributed by atoms with Gasteiger partial charge in [-0.25, -0.2) is 0 Å². The summed E-state index contributed by atoms with van der Waals surface area (Å²) in [5.74, 6) is 0.714. The van der Waals surface area contributed by atoms with Crippen LogP contribution >= 0.6 is 0 Å². The SMILES string of the molecule is CC(C)=C(CC(C)C)c1ccc2c(c1)CCC=C2. The van der Waals surface area contributed by atoms with Gasteiger partial charge in [0.1, 0.15) is 0 Å². The molecule has 1 aliphatic carbocycles. The van der Waals surface area contributed by atoms with Gasteiger partial charge in [0.05, 0.1) is 0 Å². The number of allylic oxidation sites excluding steroid dienone is 3. The van der Waals surface area contributed by atoms with Crippen LogP contribution in [0.5, 0.6) is 0 Å². The first kappa shape index (κ1) is 13.1. The van der Waals surface area contributed by atoms with Gasteiger partial charge in [-0.05, 0) is 61.3 Å². The van der Waals surface area contributed by atoms with Gasteiger partial charge in [-0.2, -0.15) is 0 Å². The van der Waals surface area contributed by atoms with E-state index in [1.54, 1.807) is 0 Å². The molecule has 0 unspecified atom stereocenters. The van der Waals surface area contributed by atoms with Gasteiger partial charge in [0.15, 0.2) is 0 Å². The minimum atomic E-state index is 0.714. The molecule has 0 bridgehead atoms. The van der Waals surface area contributed by atoms with Crippen LogP contribution < -0.4 is 0 Å². The number of benzene rings is 1. The molecule has 0 spiro atoms. The maximum Gasteiger partial charge on any atom is -0.0222 e. The van der Waals surface area contributed by atoms with E-state index in [1.807, 2.05) is 0 Å². The van der Waals surface area contributed by atoms with Crippen LogP contribution in [-0.4, -0.2) is 0 Å². The highest BCUT2D eigenvalue weighted by Gasteiger charge is 2.10. The molecule has 0 amide bonds. The zero-order valence-corrected chi connectivity index (χ0v) is 12.1. The van der Waals surface area contributed by atoms with E-state index in [2.05, 4.69) is 58.0 Å². The van der Waals surface area contributed by atoms with Crippen LogP contribution in [0.3, 0.4) is 0 Å². The van der Waals surface area contributed by atoms with Crippen molar-refractivity contribution in [1.29, 1.82) is 0 Å². The summed E-state index contributed by atoms with van der Waals surface area (Å²) in [5.41, 5.74) is 7.33. The Morgan fingerprint density at radius 3 is 2.67 bits per heavy atom. The van der Waals surface area contributed by atoms with Crippen molar-refractivity contribution in [2.75, 3.05) is 0 Å². The van der Waals surface area contributed by atoms with E-state index >= 15 is 0 Å². The molecule has 1 aromatic carbocycles. The van der Waals surface area contributed by atoms with E-state index in [4.69, 9.17) is 0 Å². The molecule has 0 N–H and O–H groups in total. The zero-order chi connectivity index (χ0) is 13.1. The second kappa shape index (κ2) is 5.56. The van der Waals surface area contributed by atoms with E-state index in [0.717, 1.165) is 0 Å². The standard InChI is InChI=1S/C18H24/c1-13(2)11-18(14(3)4)17-10-9-15-7-5-6-8-16(15)12-17/h5,7,9-10,12-13H,6,8,11H2,1-4H3. The quantitative estimate of drug-likeness (QED) is 0.655. The molecule has 0 aliphatic heterocycles. The monoisotopic (exact) mass is 240 g/mol. The molecular formula is C18H24. The van der Waals surface area contributed by atoms with Gasteiger partial charge in [0, 0.05) is 0 Å². The summed E-state index contributed by atoms with van der Waals surface area (Å²) in [5, 5.41) is 0. The summed E-state index contributed by atoms with van der Waals surface area (Å²) in [6.07, 6.45) is 8.09. The first-order valence-electron chi connectivity index (χ1n) is 7.04. The predicted molar refractivity (Wildman–Crippen MR) is 81.5 cm³/mol. The Morgan fingerprint density at radius 1 is 1.22 bits per heavy atom. The summed E-state index contributed by atoms with van der Waals surface area (Å²) in [4.78, 5) is 0. The predicted octanol–water partition coefficient (Wildman–Crippen LogP) is 5.49. The largest absolute Gasteiger partial charge is 0.0836 e. The Balaban J connectivity index is 2.38. The summed E-state index contributed by atoms with van der Waals surface area (Å²) in [7, 11) is 0.